The molecule has 35 heavy (non-hydrogen) atoms. The summed E-state index contributed by atoms with van der Waals surface area (Å²) >= 11 is 0. The molecule has 3 aromatic rings. The van der Waals surface area contributed by atoms with E-state index in [0.29, 0.717) is 24.5 Å². The standard InChI is InChI=1S/C29H32N2O4/c1-19-13-25(30-28(32-3)24(19)15-31-16-29(17-31)9-10-33-18-29)23-6-4-5-22(20(23)2)21-7-8-26-27(14-21)35-12-11-34-26/h4-8,13-14H,9-12,15-18H2,1-3H3. The van der Waals surface area contributed by atoms with E-state index < -0.39 is 0 Å². The summed E-state index contributed by atoms with van der Waals surface area (Å²) in [5.74, 6) is 2.32. The van der Waals surface area contributed by atoms with Gasteiger partial charge in [0.15, 0.2) is 11.5 Å². The van der Waals surface area contributed by atoms with Gasteiger partial charge in [-0.3, -0.25) is 4.90 Å². The highest BCUT2D eigenvalue weighted by molar-refractivity contribution is 5.78. The van der Waals surface area contributed by atoms with Crippen molar-refractivity contribution in [1.82, 2.24) is 9.88 Å². The van der Waals surface area contributed by atoms with Crippen LogP contribution in [0.4, 0.5) is 0 Å². The molecule has 0 unspecified atom stereocenters. The van der Waals surface area contributed by atoms with Crippen LogP contribution in [-0.2, 0) is 11.3 Å². The summed E-state index contributed by atoms with van der Waals surface area (Å²) in [4.78, 5) is 7.45. The molecule has 0 bridgehead atoms. The topological polar surface area (TPSA) is 53.0 Å². The molecule has 0 amide bonds. The van der Waals surface area contributed by atoms with Gasteiger partial charge in [0.2, 0.25) is 5.88 Å². The summed E-state index contributed by atoms with van der Waals surface area (Å²) in [6.45, 7) is 10.3. The first kappa shape index (κ1) is 22.4. The average molecular weight is 473 g/mol. The number of methoxy groups -OCH3 is 1. The number of fused-ring (bicyclic) bond motifs is 1. The highest BCUT2D eigenvalue weighted by atomic mass is 16.6. The second kappa shape index (κ2) is 8.85. The Hall–Kier alpha value is -3.09. The number of aryl methyl sites for hydroxylation is 1. The van der Waals surface area contributed by atoms with Crippen molar-refractivity contribution in [2.75, 3.05) is 46.6 Å². The third-order valence-corrected chi connectivity index (χ3v) is 7.65. The van der Waals surface area contributed by atoms with Gasteiger partial charge in [0, 0.05) is 42.8 Å². The fourth-order valence-electron chi connectivity index (χ4n) is 5.74. The second-order valence-electron chi connectivity index (χ2n) is 10.1. The number of ether oxygens (including phenoxy) is 4. The summed E-state index contributed by atoms with van der Waals surface area (Å²) < 4.78 is 22.9. The van der Waals surface area contributed by atoms with Crippen molar-refractivity contribution >= 4 is 0 Å². The minimum Gasteiger partial charge on any atom is -0.486 e. The van der Waals surface area contributed by atoms with Crippen LogP contribution in [0.2, 0.25) is 0 Å². The first-order valence-corrected chi connectivity index (χ1v) is 12.4. The number of aromatic nitrogens is 1. The molecular weight excluding hydrogens is 440 g/mol. The van der Waals surface area contributed by atoms with Crippen LogP contribution in [0.15, 0.2) is 42.5 Å². The molecule has 1 aromatic heterocycles. The summed E-state index contributed by atoms with van der Waals surface area (Å²) in [7, 11) is 1.72. The van der Waals surface area contributed by atoms with Gasteiger partial charge in [-0.25, -0.2) is 4.98 Å². The molecule has 3 aliphatic rings. The van der Waals surface area contributed by atoms with E-state index in [4.69, 9.17) is 23.9 Å². The lowest BCUT2D eigenvalue weighted by molar-refractivity contribution is -0.0129. The van der Waals surface area contributed by atoms with Crippen LogP contribution in [0.1, 0.15) is 23.1 Å². The summed E-state index contributed by atoms with van der Waals surface area (Å²) in [5, 5.41) is 0. The smallest absolute Gasteiger partial charge is 0.218 e. The lowest BCUT2D eigenvalue weighted by Crippen LogP contribution is -2.56. The Bertz CT molecular complexity index is 1260. The zero-order valence-corrected chi connectivity index (χ0v) is 20.7. The molecule has 6 heteroatoms. The number of rotatable bonds is 5. The predicted molar refractivity (Wildman–Crippen MR) is 135 cm³/mol. The third-order valence-electron chi connectivity index (χ3n) is 7.65. The van der Waals surface area contributed by atoms with E-state index >= 15 is 0 Å². The normalized spacial score (nSPS) is 18.5. The van der Waals surface area contributed by atoms with Gasteiger partial charge in [0.1, 0.15) is 13.2 Å². The molecule has 0 atom stereocenters. The monoisotopic (exact) mass is 472 g/mol. The van der Waals surface area contributed by atoms with Gasteiger partial charge in [-0.2, -0.15) is 0 Å². The Labute approximate surface area is 206 Å². The number of pyridine rings is 1. The minimum atomic E-state index is 0.375. The lowest BCUT2D eigenvalue weighted by Gasteiger charge is -2.47. The van der Waals surface area contributed by atoms with Crippen LogP contribution in [0.5, 0.6) is 17.4 Å². The quantitative estimate of drug-likeness (QED) is 0.519. The van der Waals surface area contributed by atoms with Crippen molar-refractivity contribution in [2.45, 2.75) is 26.8 Å². The molecule has 4 heterocycles. The highest BCUT2D eigenvalue weighted by Crippen LogP contribution is 2.41. The summed E-state index contributed by atoms with van der Waals surface area (Å²) in [6.07, 6.45) is 1.18. The molecule has 2 aromatic carbocycles. The molecule has 0 saturated carbocycles. The van der Waals surface area contributed by atoms with E-state index in [0.717, 1.165) is 66.7 Å². The van der Waals surface area contributed by atoms with Gasteiger partial charge in [-0.05, 0) is 60.7 Å². The maximum absolute atomic E-state index is 5.81. The lowest BCUT2D eigenvalue weighted by atomic mass is 9.79. The van der Waals surface area contributed by atoms with E-state index in [9.17, 15) is 0 Å². The van der Waals surface area contributed by atoms with Gasteiger partial charge in [0.05, 0.1) is 19.4 Å². The van der Waals surface area contributed by atoms with Gasteiger partial charge < -0.3 is 18.9 Å². The molecule has 0 N–H and O–H groups in total. The molecule has 0 radical (unpaired) electrons. The van der Waals surface area contributed by atoms with Crippen LogP contribution in [0.25, 0.3) is 22.4 Å². The number of benzene rings is 2. The van der Waals surface area contributed by atoms with Crippen molar-refractivity contribution in [2.24, 2.45) is 5.41 Å². The Morgan fingerprint density at radius 2 is 1.77 bits per heavy atom. The highest BCUT2D eigenvalue weighted by Gasteiger charge is 2.45. The molecule has 2 fully saturated rings. The molecule has 2 saturated heterocycles. The van der Waals surface area contributed by atoms with Crippen LogP contribution in [0.3, 0.4) is 0 Å². The van der Waals surface area contributed by atoms with Crippen molar-refractivity contribution in [3.8, 4) is 39.8 Å². The van der Waals surface area contributed by atoms with Gasteiger partial charge in [-0.15, -0.1) is 0 Å². The largest absolute Gasteiger partial charge is 0.486 e. The SMILES string of the molecule is COc1nc(-c2cccc(-c3ccc4c(c3)OCCO4)c2C)cc(C)c1CN1CC2(CCOC2)C1. The van der Waals surface area contributed by atoms with E-state index in [1.54, 1.807) is 7.11 Å². The summed E-state index contributed by atoms with van der Waals surface area (Å²) in [6, 6.07) is 14.7. The van der Waals surface area contributed by atoms with Crippen molar-refractivity contribution in [1.29, 1.82) is 0 Å². The Balaban J connectivity index is 1.30. The molecule has 182 valence electrons. The van der Waals surface area contributed by atoms with E-state index in [1.807, 2.05) is 6.07 Å². The Morgan fingerprint density at radius 1 is 0.971 bits per heavy atom. The molecule has 6 rings (SSSR count). The maximum Gasteiger partial charge on any atom is 0.218 e. The van der Waals surface area contributed by atoms with Crippen molar-refractivity contribution in [3.63, 3.8) is 0 Å². The van der Waals surface area contributed by atoms with Crippen LogP contribution in [-0.4, -0.2) is 56.5 Å². The van der Waals surface area contributed by atoms with Crippen molar-refractivity contribution < 1.29 is 18.9 Å². The molecule has 1 spiro atoms. The van der Waals surface area contributed by atoms with Crippen LogP contribution in [0, 0.1) is 19.3 Å². The number of nitrogens with zero attached hydrogens (tertiary/aromatic N) is 2. The van der Waals surface area contributed by atoms with Gasteiger partial charge >= 0.3 is 0 Å². The van der Waals surface area contributed by atoms with Crippen LogP contribution < -0.4 is 14.2 Å². The second-order valence-corrected chi connectivity index (χ2v) is 10.1. The van der Waals surface area contributed by atoms with Gasteiger partial charge in [-0.1, -0.05) is 24.3 Å². The zero-order valence-electron chi connectivity index (χ0n) is 20.7. The molecule has 3 aliphatic heterocycles. The fourth-order valence-corrected chi connectivity index (χ4v) is 5.74. The van der Waals surface area contributed by atoms with E-state index in [2.05, 4.69) is 55.1 Å². The van der Waals surface area contributed by atoms with E-state index in [-0.39, 0.29) is 0 Å². The van der Waals surface area contributed by atoms with E-state index in [1.165, 1.54) is 23.1 Å². The predicted octanol–water partition coefficient (Wildman–Crippen LogP) is 5.03. The first-order valence-electron chi connectivity index (χ1n) is 12.4. The van der Waals surface area contributed by atoms with Crippen molar-refractivity contribution in [3.05, 3.63) is 59.2 Å². The first-order chi connectivity index (χ1) is 17.0. The Morgan fingerprint density at radius 3 is 2.54 bits per heavy atom. The number of hydrogen-bond acceptors (Lipinski definition) is 6. The number of likely N-dealkylation sites (tertiary alicyclic amines) is 1. The van der Waals surface area contributed by atoms with Gasteiger partial charge in [0.25, 0.3) is 0 Å². The maximum atomic E-state index is 5.81. The minimum absolute atomic E-state index is 0.375. The summed E-state index contributed by atoms with van der Waals surface area (Å²) in [5.41, 5.74) is 8.24. The third kappa shape index (κ3) is 4.05. The average Bonchev–Trinajstić information content (AvgIpc) is 3.35. The molecular formula is C29H32N2O4. The zero-order chi connectivity index (χ0) is 24.0. The fraction of sp³-hybridized carbons (Fsp3) is 0.414. The number of hydrogen-bond donors (Lipinski definition) is 0. The molecule has 0 aliphatic carbocycles. The Kier molecular flexibility index (Phi) is 5.66. The molecule has 6 nitrogen and oxygen atoms in total. The van der Waals surface area contributed by atoms with Crippen LogP contribution >= 0.6 is 0 Å².